The molecule has 103 heavy (non-hydrogen) atoms. The van der Waals surface area contributed by atoms with Crippen LogP contribution < -0.4 is 0 Å². The topological polar surface area (TPSA) is 277 Å². The van der Waals surface area contributed by atoms with Gasteiger partial charge >= 0.3 is 29.8 Å². The summed E-state index contributed by atoms with van der Waals surface area (Å²) in [5, 5.41) is 17.4. The highest BCUT2D eigenvalue weighted by Crippen LogP contribution is 2.44. The summed E-state index contributed by atoms with van der Waals surface area (Å²) in [5.41, 5.74) is 3.13. The van der Waals surface area contributed by atoms with Crippen molar-refractivity contribution in [2.45, 2.75) is 247 Å². The van der Waals surface area contributed by atoms with E-state index in [1.54, 1.807) is 92.9 Å². The van der Waals surface area contributed by atoms with Crippen LogP contribution in [0.3, 0.4) is 0 Å². The van der Waals surface area contributed by atoms with Crippen molar-refractivity contribution in [3.63, 3.8) is 0 Å². The molecule has 0 aromatic heterocycles. The molecule has 20 nitrogen and oxygen atoms in total. The van der Waals surface area contributed by atoms with Gasteiger partial charge in [-0.2, -0.15) is 0 Å². The number of ether oxygens (including phenoxy) is 9. The van der Waals surface area contributed by atoms with E-state index in [-0.39, 0.29) is 141 Å². The number of carboxylic acids is 1. The number of methoxy groups -OCH3 is 2. The molecule has 22 heteroatoms. The lowest BCUT2D eigenvalue weighted by molar-refractivity contribution is -0.165. The molecule has 3 aromatic carbocycles. The molecule has 3 aromatic rings. The molecule has 3 fully saturated rings. The van der Waals surface area contributed by atoms with Crippen molar-refractivity contribution in [2.75, 3.05) is 58.8 Å². The van der Waals surface area contributed by atoms with Crippen LogP contribution in [0.15, 0.2) is 119 Å². The van der Waals surface area contributed by atoms with E-state index >= 15 is 0 Å². The Morgan fingerprint density at radius 1 is 0.641 bits per heavy atom. The smallest absolute Gasteiger partial charge is 0.338 e. The third-order valence-electron chi connectivity index (χ3n) is 19.2. The zero-order chi connectivity index (χ0) is 76.5. The van der Waals surface area contributed by atoms with Crippen LogP contribution in [0.4, 0.5) is 0 Å². The third kappa shape index (κ3) is 33.7. The van der Waals surface area contributed by atoms with Gasteiger partial charge in [0.1, 0.15) is 6.61 Å². The SMILES string of the molecule is C.C=C=C(C)C[C@@H](O)CCCOC(=O)C(C)(C)C.CCC(=O)O.CC[C@@H](C)C[C@H]1O[C@@H](CC(C)OC)[C@H](CS(=O)(=O)c2ccccc2)[C@H]1C.COCC(=O)OCC1C(C)C[C@H](CCCOC(=O)C(C)(C)C)OC1C[C@@H]1O[C@H](C[C@H](C)COC(=O)c2ccccc2)[C@H](C)C1CS(=O)(=O)c1ccccc1. The zero-order valence-corrected chi connectivity index (χ0v) is 65.7. The zero-order valence-electron chi connectivity index (χ0n) is 64.1. The Hall–Kier alpha value is -5.81. The van der Waals surface area contributed by atoms with Crippen molar-refractivity contribution < 1.29 is 93.7 Å². The standard InChI is InChI=1S/C42H60O11S.C21H34O4S.C14H24O3.C3H6O2.CH4/c1-28(24-51-40(44)31-15-10-8-11-16-31)21-36-30(3)35(27-54(46,47)33-18-12-9-13-19-33)38(53-36)23-37-34(25-50-39(43)26-48-7)29(2)22-32(52-37)17-14-20-49-41(45)42(4,5)6;1-6-15(2)12-20-17(4)19(21(25-20)13-16(3)24-5)14-26(22,23)18-10-8-7-9-11-18;1-6-11(2)10-12(15)8-7-9-17-13(16)14(3,4)5;1-2-3(4)5;/h8-13,15-16,18-19,28-30,32,34-38H,14,17,20-27H2,1-7H3;7-11,15-17,19-21H,6,12-14H2,1-5H3;12,15H,1,7-10H2,2-5H3;2H2,1H3,(H,4,5);1H4/t28-,29?,30+,32-,34?,35?,36+,37?,38-;15-,16?,17-,19-,20-,21+;12-;;/m010../s1. The molecule has 3 heterocycles. The van der Waals surface area contributed by atoms with E-state index in [0.29, 0.717) is 67.9 Å². The molecule has 3 aliphatic heterocycles. The van der Waals surface area contributed by atoms with Gasteiger partial charge in [0.15, 0.2) is 19.7 Å². The number of carbonyl (C=O) groups excluding carboxylic acids is 4. The second-order valence-electron chi connectivity index (χ2n) is 30.1. The van der Waals surface area contributed by atoms with Crippen molar-refractivity contribution in [2.24, 2.45) is 58.2 Å². The van der Waals surface area contributed by atoms with Gasteiger partial charge in [0.2, 0.25) is 0 Å². The van der Waals surface area contributed by atoms with Crippen LogP contribution in [-0.2, 0) is 81.5 Å². The average Bonchev–Trinajstić information content (AvgIpc) is 1.68. The number of aliphatic carboxylic acids is 1. The normalized spacial score (nSPS) is 23.6. The number of carboxylic acid groups (broad SMARTS) is 1. The van der Waals surface area contributed by atoms with Crippen LogP contribution >= 0.6 is 0 Å². The van der Waals surface area contributed by atoms with Gasteiger partial charge in [0.25, 0.3) is 0 Å². The molecular weight excluding hydrogens is 1360 g/mol. The predicted octanol–water partition coefficient (Wildman–Crippen LogP) is 15.0. The van der Waals surface area contributed by atoms with Crippen molar-refractivity contribution in [1.82, 2.24) is 0 Å². The highest BCUT2D eigenvalue weighted by Gasteiger charge is 2.49. The predicted molar refractivity (Wildman–Crippen MR) is 402 cm³/mol. The van der Waals surface area contributed by atoms with Crippen LogP contribution in [0.1, 0.15) is 199 Å². The van der Waals surface area contributed by atoms with E-state index in [1.807, 2.05) is 81.4 Å². The summed E-state index contributed by atoms with van der Waals surface area (Å²) in [4.78, 5) is 58.8. The number of benzene rings is 3. The van der Waals surface area contributed by atoms with Crippen molar-refractivity contribution in [1.29, 1.82) is 0 Å². The van der Waals surface area contributed by atoms with E-state index in [2.05, 4.69) is 40.0 Å². The number of carbonyl (C=O) groups is 5. The number of sulfone groups is 2. The molecule has 0 aliphatic carbocycles. The summed E-state index contributed by atoms with van der Waals surface area (Å²) in [6.45, 7) is 33.5. The largest absolute Gasteiger partial charge is 0.481 e. The van der Waals surface area contributed by atoms with Gasteiger partial charge in [0, 0.05) is 51.2 Å². The molecule has 6 rings (SSSR count). The lowest BCUT2D eigenvalue weighted by Crippen LogP contribution is -2.45. The highest BCUT2D eigenvalue weighted by atomic mass is 32.2. The number of aliphatic hydroxyl groups is 1. The number of esters is 4. The van der Waals surface area contributed by atoms with Gasteiger partial charge < -0.3 is 52.8 Å². The maximum Gasteiger partial charge on any atom is 0.338 e. The molecular formula is C81H128O20S2. The van der Waals surface area contributed by atoms with Gasteiger partial charge in [-0.05, 0) is 178 Å². The Morgan fingerprint density at radius 3 is 1.57 bits per heavy atom. The molecule has 3 saturated heterocycles. The van der Waals surface area contributed by atoms with Crippen LogP contribution in [0.5, 0.6) is 0 Å². The van der Waals surface area contributed by atoms with Crippen molar-refractivity contribution >= 4 is 49.5 Å². The first kappa shape index (κ1) is 93.3. The Labute approximate surface area is 618 Å². The van der Waals surface area contributed by atoms with Crippen LogP contribution in [-0.4, -0.2) is 164 Å². The molecule has 5 unspecified atom stereocenters. The first-order valence-corrected chi connectivity index (χ1v) is 39.7. The van der Waals surface area contributed by atoms with Gasteiger partial charge in [-0.25, -0.2) is 26.4 Å². The lowest BCUT2D eigenvalue weighted by Gasteiger charge is -2.42. The Bertz CT molecular complexity index is 3230. The first-order chi connectivity index (χ1) is 47.9. The fourth-order valence-corrected chi connectivity index (χ4v) is 16.1. The second kappa shape index (κ2) is 46.3. The summed E-state index contributed by atoms with van der Waals surface area (Å²) in [6.07, 6.45) is 6.32. The summed E-state index contributed by atoms with van der Waals surface area (Å²) in [6, 6.07) is 26.0. The van der Waals surface area contributed by atoms with Gasteiger partial charge in [-0.15, -0.1) is 5.73 Å². The van der Waals surface area contributed by atoms with Crippen molar-refractivity contribution in [3.05, 3.63) is 114 Å². The molecule has 0 radical (unpaired) electrons. The third-order valence-corrected chi connectivity index (χ3v) is 22.8. The van der Waals surface area contributed by atoms with Gasteiger partial charge in [0.05, 0.1) is 113 Å². The fraction of sp³-hybridized carbons (Fsp3) is 0.679. The number of hydrogen-bond acceptors (Lipinski definition) is 19. The lowest BCUT2D eigenvalue weighted by atomic mass is 9.78. The van der Waals surface area contributed by atoms with Gasteiger partial charge in [-0.3, -0.25) is 14.4 Å². The molecule has 584 valence electrons. The minimum Gasteiger partial charge on any atom is -0.481 e. The fourth-order valence-electron chi connectivity index (χ4n) is 12.5. The quantitative estimate of drug-likeness (QED) is 0.0243. The maximum absolute atomic E-state index is 13.8. The summed E-state index contributed by atoms with van der Waals surface area (Å²) >= 11 is 0. The van der Waals surface area contributed by atoms with Crippen LogP contribution in [0, 0.1) is 58.2 Å². The first-order valence-electron chi connectivity index (χ1n) is 36.4. The monoisotopic (exact) mass is 1480 g/mol. The number of rotatable bonds is 34. The molecule has 0 amide bonds. The number of aliphatic hydroxyl groups excluding tert-OH is 1. The molecule has 0 saturated carbocycles. The van der Waals surface area contributed by atoms with Crippen molar-refractivity contribution in [3.8, 4) is 0 Å². The van der Waals surface area contributed by atoms with Gasteiger partial charge in [-0.1, -0.05) is 123 Å². The minimum atomic E-state index is -3.66. The molecule has 0 bridgehead atoms. The van der Waals surface area contributed by atoms with Crippen LogP contribution in [0.2, 0.25) is 0 Å². The second-order valence-corrected chi connectivity index (χ2v) is 34.2. The maximum atomic E-state index is 13.8. The van der Waals surface area contributed by atoms with E-state index in [4.69, 9.17) is 47.7 Å². The molecule has 3 aliphatic rings. The minimum absolute atomic E-state index is 0. The van der Waals surface area contributed by atoms with E-state index in [0.717, 1.165) is 31.3 Å². The van der Waals surface area contributed by atoms with E-state index in [9.17, 15) is 45.9 Å². The van der Waals surface area contributed by atoms with E-state index < -0.39 is 66.7 Å². The highest BCUT2D eigenvalue weighted by molar-refractivity contribution is 7.91. The summed E-state index contributed by atoms with van der Waals surface area (Å²) in [5.74, 6) is -1.82. The average molecular weight is 1490 g/mol. The Morgan fingerprint density at radius 2 is 1.11 bits per heavy atom. The number of hydrogen-bond donors (Lipinski definition) is 2. The van der Waals surface area contributed by atoms with E-state index in [1.165, 1.54) is 7.11 Å². The molecule has 16 atom stereocenters. The Balaban J connectivity index is 0.000000603. The Kier molecular flexibility index (Phi) is 41.9. The molecule has 2 N–H and O–H groups in total. The molecule has 0 spiro atoms. The summed E-state index contributed by atoms with van der Waals surface area (Å²) in [7, 11) is -3.87. The van der Waals surface area contributed by atoms with Crippen LogP contribution in [0.25, 0.3) is 0 Å². The summed E-state index contributed by atoms with van der Waals surface area (Å²) < 4.78 is 106.